The molecule has 0 spiro atoms. The Hall–Kier alpha value is -2.18. The van der Waals surface area contributed by atoms with Gasteiger partial charge in [0, 0.05) is 50.3 Å². The Morgan fingerprint density at radius 2 is 1.37 bits per heavy atom. The van der Waals surface area contributed by atoms with Crippen molar-refractivity contribution in [2.75, 3.05) is 41.3 Å². The van der Waals surface area contributed by atoms with Crippen molar-refractivity contribution >= 4 is 30.3 Å². The summed E-state index contributed by atoms with van der Waals surface area (Å²) in [6.07, 6.45) is 3.20. The number of nitrogens with zero attached hydrogens (tertiary/aromatic N) is 5. The molecule has 2 aromatic rings. The predicted octanol–water partition coefficient (Wildman–Crippen LogP) is -0.772. The normalized spacial score (nSPS) is 26.9. The van der Waals surface area contributed by atoms with E-state index in [1.54, 1.807) is 6.26 Å². The zero-order valence-corrected chi connectivity index (χ0v) is 17.7. The molecule has 2 aliphatic rings. The molecule has 4 rings (SSSR count). The fraction of sp³-hybridized carbons (Fsp3) is 0.611. The molecule has 0 saturated carbocycles. The molecule has 4 heterocycles. The lowest BCUT2D eigenvalue weighted by Gasteiger charge is -2.37. The largest absolute Gasteiger partial charge is 0.467 e. The van der Waals surface area contributed by atoms with E-state index < -0.39 is 0 Å². The van der Waals surface area contributed by atoms with E-state index in [4.69, 9.17) is 32.3 Å². The maximum absolute atomic E-state index is 6.17. The molecular formula is C18H31ClN10O. The van der Waals surface area contributed by atoms with Gasteiger partial charge in [-0.05, 0) is 25.0 Å². The van der Waals surface area contributed by atoms with E-state index >= 15 is 0 Å². The van der Waals surface area contributed by atoms with Gasteiger partial charge in [-0.2, -0.15) is 15.0 Å². The Kier molecular flexibility index (Phi) is 7.32. The quantitative estimate of drug-likeness (QED) is 0.396. The van der Waals surface area contributed by atoms with Gasteiger partial charge in [0.15, 0.2) is 0 Å². The van der Waals surface area contributed by atoms with Crippen molar-refractivity contribution in [3.63, 3.8) is 0 Å². The van der Waals surface area contributed by atoms with Gasteiger partial charge in [0.05, 0.1) is 12.8 Å². The minimum absolute atomic E-state index is 0. The van der Waals surface area contributed by atoms with Crippen molar-refractivity contribution in [3.05, 3.63) is 24.2 Å². The third-order valence-corrected chi connectivity index (χ3v) is 5.21. The van der Waals surface area contributed by atoms with E-state index in [9.17, 15) is 0 Å². The molecular weight excluding hydrogens is 408 g/mol. The van der Waals surface area contributed by atoms with Crippen LogP contribution in [-0.2, 0) is 6.54 Å². The Labute approximate surface area is 182 Å². The van der Waals surface area contributed by atoms with Gasteiger partial charge in [-0.3, -0.25) is 0 Å². The minimum atomic E-state index is -0.0182. The van der Waals surface area contributed by atoms with Gasteiger partial charge in [0.25, 0.3) is 0 Å². The maximum atomic E-state index is 6.17. The molecule has 2 saturated heterocycles. The van der Waals surface area contributed by atoms with Crippen molar-refractivity contribution in [1.29, 1.82) is 0 Å². The maximum Gasteiger partial charge on any atom is 0.232 e. The second-order valence-corrected chi connectivity index (χ2v) is 8.01. The molecule has 0 aromatic carbocycles. The second-order valence-electron chi connectivity index (χ2n) is 8.01. The van der Waals surface area contributed by atoms with E-state index in [0.29, 0.717) is 50.6 Å². The molecule has 0 unspecified atom stereocenters. The van der Waals surface area contributed by atoms with Crippen molar-refractivity contribution in [2.45, 2.75) is 43.6 Å². The van der Waals surface area contributed by atoms with E-state index in [1.807, 2.05) is 21.9 Å². The van der Waals surface area contributed by atoms with Gasteiger partial charge >= 0.3 is 0 Å². The molecule has 30 heavy (non-hydrogen) atoms. The van der Waals surface area contributed by atoms with Gasteiger partial charge in [0.1, 0.15) is 5.76 Å². The molecule has 0 amide bonds. The monoisotopic (exact) mass is 438 g/mol. The lowest BCUT2D eigenvalue weighted by Crippen LogP contribution is -2.54. The molecule has 2 aromatic heterocycles. The first kappa shape index (κ1) is 22.5. The SMILES string of the molecule is Cl.N[C@@H]1C[C@H](N)CN(c2nc(NCc3ccco3)nc(N3C[C@H](N)C[C@H](N)C3)n2)C1. The van der Waals surface area contributed by atoms with Crippen LogP contribution in [0, 0.1) is 0 Å². The van der Waals surface area contributed by atoms with Gasteiger partial charge in [-0.15, -0.1) is 12.4 Å². The molecule has 2 aliphatic heterocycles. The van der Waals surface area contributed by atoms with Crippen molar-refractivity contribution < 1.29 is 4.42 Å². The third-order valence-electron chi connectivity index (χ3n) is 5.21. The number of nitrogens with one attached hydrogen (secondary N) is 1. The smallest absolute Gasteiger partial charge is 0.232 e. The van der Waals surface area contributed by atoms with Crippen LogP contribution in [0.1, 0.15) is 18.6 Å². The molecule has 9 N–H and O–H groups in total. The van der Waals surface area contributed by atoms with Gasteiger partial charge in [-0.25, -0.2) is 0 Å². The van der Waals surface area contributed by atoms with Crippen LogP contribution in [-0.4, -0.2) is 65.3 Å². The van der Waals surface area contributed by atoms with E-state index in [1.165, 1.54) is 0 Å². The Morgan fingerprint density at radius 3 is 1.80 bits per heavy atom. The molecule has 4 atom stereocenters. The summed E-state index contributed by atoms with van der Waals surface area (Å²) in [5.41, 5.74) is 24.7. The Morgan fingerprint density at radius 1 is 0.867 bits per heavy atom. The molecule has 166 valence electrons. The minimum Gasteiger partial charge on any atom is -0.467 e. The first-order chi connectivity index (χ1) is 14.0. The molecule has 2 fully saturated rings. The first-order valence-electron chi connectivity index (χ1n) is 10.0. The predicted molar refractivity (Wildman–Crippen MR) is 119 cm³/mol. The van der Waals surface area contributed by atoms with Crippen molar-refractivity contribution in [1.82, 2.24) is 15.0 Å². The highest BCUT2D eigenvalue weighted by Gasteiger charge is 2.28. The summed E-state index contributed by atoms with van der Waals surface area (Å²) >= 11 is 0. The highest BCUT2D eigenvalue weighted by molar-refractivity contribution is 5.85. The number of anilines is 3. The van der Waals surface area contributed by atoms with Gasteiger partial charge < -0.3 is 42.5 Å². The number of hydrogen-bond donors (Lipinski definition) is 5. The van der Waals surface area contributed by atoms with Crippen LogP contribution in [0.3, 0.4) is 0 Å². The topological polar surface area (TPSA) is 174 Å². The summed E-state index contributed by atoms with van der Waals surface area (Å²) in [5, 5.41) is 3.22. The number of hydrogen-bond acceptors (Lipinski definition) is 11. The third kappa shape index (κ3) is 5.49. The van der Waals surface area contributed by atoms with Crippen LogP contribution >= 0.6 is 12.4 Å². The summed E-state index contributed by atoms with van der Waals surface area (Å²) in [7, 11) is 0. The van der Waals surface area contributed by atoms with E-state index in [-0.39, 0.29) is 36.6 Å². The van der Waals surface area contributed by atoms with Crippen LogP contribution in [0.4, 0.5) is 17.8 Å². The molecule has 0 aliphatic carbocycles. The van der Waals surface area contributed by atoms with Gasteiger partial charge in [0.2, 0.25) is 17.8 Å². The molecule has 0 bridgehead atoms. The molecule has 11 nitrogen and oxygen atoms in total. The Bertz CT molecular complexity index is 742. The summed E-state index contributed by atoms with van der Waals surface area (Å²) in [4.78, 5) is 18.0. The second kappa shape index (κ2) is 9.75. The number of aromatic nitrogens is 3. The Balaban J connectivity index is 0.00000256. The lowest BCUT2D eigenvalue weighted by molar-refractivity contribution is 0.441. The summed E-state index contributed by atoms with van der Waals surface area (Å²) in [6, 6.07) is 3.66. The average molecular weight is 439 g/mol. The first-order valence-corrected chi connectivity index (χ1v) is 10.0. The number of nitrogens with two attached hydrogens (primary N) is 4. The number of halogens is 1. The van der Waals surface area contributed by atoms with Crippen LogP contribution in [0.2, 0.25) is 0 Å². The average Bonchev–Trinajstić information content (AvgIpc) is 3.18. The van der Waals surface area contributed by atoms with Gasteiger partial charge in [-0.1, -0.05) is 0 Å². The van der Waals surface area contributed by atoms with Crippen LogP contribution in [0.5, 0.6) is 0 Å². The lowest BCUT2D eigenvalue weighted by atomic mass is 10.0. The highest BCUT2D eigenvalue weighted by atomic mass is 35.5. The van der Waals surface area contributed by atoms with Crippen LogP contribution in [0.25, 0.3) is 0 Å². The standard InChI is InChI=1S/C18H30N10O.ClH/c19-11-4-12(20)8-27(7-11)17-24-16(23-6-15-2-1-3-29-15)25-18(26-17)28-9-13(21)5-14(22)10-28;/h1-3,11-14H,4-10,19-22H2,(H,23,24,25,26);1H/t11-,12+,13-,14+;. The summed E-state index contributed by atoms with van der Waals surface area (Å²) in [6.45, 7) is 3.05. The summed E-state index contributed by atoms with van der Waals surface area (Å²) < 4.78 is 5.38. The summed E-state index contributed by atoms with van der Waals surface area (Å²) in [5.74, 6) is 2.35. The fourth-order valence-electron chi connectivity index (χ4n) is 3.98. The van der Waals surface area contributed by atoms with Crippen LogP contribution < -0.4 is 38.1 Å². The molecule has 12 heteroatoms. The van der Waals surface area contributed by atoms with Crippen LogP contribution in [0.15, 0.2) is 22.8 Å². The van der Waals surface area contributed by atoms with E-state index in [2.05, 4.69) is 15.3 Å². The fourth-order valence-corrected chi connectivity index (χ4v) is 3.98. The molecule has 0 radical (unpaired) electrons. The highest BCUT2D eigenvalue weighted by Crippen LogP contribution is 2.22. The zero-order valence-electron chi connectivity index (χ0n) is 16.9. The number of rotatable bonds is 5. The van der Waals surface area contributed by atoms with Crippen molar-refractivity contribution in [2.24, 2.45) is 22.9 Å². The number of furan rings is 1. The number of piperidine rings is 2. The zero-order chi connectivity index (χ0) is 20.4. The van der Waals surface area contributed by atoms with Crippen molar-refractivity contribution in [3.8, 4) is 0 Å². The van der Waals surface area contributed by atoms with E-state index in [0.717, 1.165) is 18.6 Å².